The maximum Gasteiger partial charge on any atom is 0.441 e. The molecule has 2 rings (SSSR count). The van der Waals surface area contributed by atoms with Gasteiger partial charge in [0.25, 0.3) is 5.91 Å². The minimum atomic E-state index is -5.30. The molecule has 0 saturated carbocycles. The third-order valence-electron chi connectivity index (χ3n) is 3.50. The number of amides is 1. The number of carbonyl (C=O) groups excluding carboxylic acids is 2. The molecular weight excluding hydrogens is 368 g/mol. The predicted molar refractivity (Wildman–Crippen MR) is 89.3 cm³/mol. The molecular formula is C18H16F4N2O3. The third-order valence-corrected chi connectivity index (χ3v) is 3.50. The van der Waals surface area contributed by atoms with Gasteiger partial charge >= 0.3 is 17.8 Å². The lowest BCUT2D eigenvalue weighted by Gasteiger charge is -2.35. The number of rotatable bonds is 6. The van der Waals surface area contributed by atoms with E-state index in [1.54, 1.807) is 11.4 Å². The highest BCUT2D eigenvalue weighted by molar-refractivity contribution is 5.99. The summed E-state index contributed by atoms with van der Waals surface area (Å²) in [7, 11) is 0. The van der Waals surface area contributed by atoms with Crippen LogP contribution in [0.2, 0.25) is 0 Å². The normalized spacial score (nSPS) is 13.4. The molecule has 0 spiro atoms. The average molecular weight is 384 g/mol. The lowest BCUT2D eigenvalue weighted by Crippen LogP contribution is -2.69. The van der Waals surface area contributed by atoms with E-state index in [1.165, 1.54) is 31.2 Å². The average Bonchev–Trinajstić information content (AvgIpc) is 2.61. The van der Waals surface area contributed by atoms with E-state index < -0.39 is 29.5 Å². The number of ether oxygens (including phenoxy) is 1. The highest BCUT2D eigenvalue weighted by Gasteiger charge is 2.63. The maximum absolute atomic E-state index is 13.9. The van der Waals surface area contributed by atoms with Crippen molar-refractivity contribution in [1.82, 2.24) is 5.32 Å². The summed E-state index contributed by atoms with van der Waals surface area (Å²) in [6.07, 6.45) is -5.30. The zero-order valence-electron chi connectivity index (χ0n) is 14.1. The summed E-state index contributed by atoms with van der Waals surface area (Å²) in [4.78, 5) is 24.6. The van der Waals surface area contributed by atoms with Crippen LogP contribution in [0.25, 0.3) is 0 Å². The number of benzene rings is 2. The minimum absolute atomic E-state index is 0.100. The van der Waals surface area contributed by atoms with Crippen molar-refractivity contribution in [3.05, 3.63) is 66.0 Å². The largest absolute Gasteiger partial charge is 0.463 e. The number of hydrogen-bond donors (Lipinski definition) is 2. The van der Waals surface area contributed by atoms with Crippen molar-refractivity contribution in [1.29, 1.82) is 0 Å². The van der Waals surface area contributed by atoms with Crippen molar-refractivity contribution >= 4 is 17.6 Å². The number of nitrogens with one attached hydrogen (secondary N) is 2. The number of carbonyl (C=O) groups is 2. The monoisotopic (exact) mass is 384 g/mol. The van der Waals surface area contributed by atoms with Crippen molar-refractivity contribution < 1.29 is 31.9 Å². The Morgan fingerprint density at radius 2 is 1.70 bits per heavy atom. The lowest BCUT2D eigenvalue weighted by molar-refractivity contribution is -0.204. The second kappa shape index (κ2) is 8.07. The van der Waals surface area contributed by atoms with Gasteiger partial charge in [0.2, 0.25) is 0 Å². The topological polar surface area (TPSA) is 67.4 Å². The Bertz CT molecular complexity index is 812. The molecule has 0 aromatic heterocycles. The molecule has 1 amide bonds. The van der Waals surface area contributed by atoms with Crippen LogP contribution in [0.1, 0.15) is 17.3 Å². The lowest BCUT2D eigenvalue weighted by atomic mass is 10.1. The standard InChI is InChI=1S/C18H16F4N2O3/c1-2-27-16(26)17(18(20,21)22,23-14-10-6-9-13(19)11-14)24-15(25)12-7-4-3-5-8-12/h3-11,23H,2H2,1H3,(H,24,25). The zero-order valence-corrected chi connectivity index (χ0v) is 14.1. The van der Waals surface area contributed by atoms with Crippen LogP contribution in [0.5, 0.6) is 0 Å². The molecule has 5 nitrogen and oxygen atoms in total. The van der Waals surface area contributed by atoms with Crippen LogP contribution in [0.3, 0.4) is 0 Å². The Kier molecular flexibility index (Phi) is 6.04. The molecule has 1 atom stereocenters. The first-order valence-electron chi connectivity index (χ1n) is 7.85. The smallest absolute Gasteiger partial charge is 0.441 e. The minimum Gasteiger partial charge on any atom is -0.463 e. The van der Waals surface area contributed by atoms with Crippen LogP contribution >= 0.6 is 0 Å². The van der Waals surface area contributed by atoms with Gasteiger partial charge in [-0.2, -0.15) is 13.2 Å². The fraction of sp³-hybridized carbons (Fsp3) is 0.222. The molecule has 2 aromatic rings. The summed E-state index contributed by atoms with van der Waals surface area (Å²) in [6.45, 7) is 0.961. The molecule has 0 fully saturated rings. The first-order valence-corrected chi connectivity index (χ1v) is 7.85. The van der Waals surface area contributed by atoms with E-state index >= 15 is 0 Å². The van der Waals surface area contributed by atoms with E-state index in [1.807, 2.05) is 5.32 Å². The summed E-state index contributed by atoms with van der Waals surface area (Å²) in [5.41, 5.74) is -4.07. The van der Waals surface area contributed by atoms with Gasteiger partial charge in [0.15, 0.2) is 0 Å². The summed E-state index contributed by atoms with van der Waals surface area (Å²) in [5.74, 6) is -3.76. The first kappa shape index (κ1) is 20.2. The van der Waals surface area contributed by atoms with Gasteiger partial charge in [-0.3, -0.25) is 4.79 Å². The Morgan fingerprint density at radius 1 is 1.04 bits per heavy atom. The number of hydrogen-bond acceptors (Lipinski definition) is 4. The number of anilines is 1. The van der Waals surface area contributed by atoms with Gasteiger partial charge in [-0.05, 0) is 37.3 Å². The Morgan fingerprint density at radius 3 is 2.26 bits per heavy atom. The Labute approximate surface area is 152 Å². The summed E-state index contributed by atoms with van der Waals surface area (Å²) in [6, 6.07) is 11.1. The molecule has 0 heterocycles. The molecule has 0 radical (unpaired) electrons. The van der Waals surface area contributed by atoms with Gasteiger partial charge in [0.1, 0.15) is 5.82 Å². The molecule has 0 aliphatic rings. The molecule has 2 aromatic carbocycles. The Hall–Kier alpha value is -3.10. The van der Waals surface area contributed by atoms with Crippen molar-refractivity contribution in [2.75, 3.05) is 11.9 Å². The van der Waals surface area contributed by atoms with Gasteiger partial charge in [0.05, 0.1) is 6.61 Å². The first-order chi connectivity index (χ1) is 12.7. The quantitative estimate of drug-likeness (QED) is 0.455. The molecule has 0 bridgehead atoms. The molecule has 144 valence electrons. The molecule has 0 saturated heterocycles. The van der Waals surface area contributed by atoms with Crippen molar-refractivity contribution in [3.63, 3.8) is 0 Å². The maximum atomic E-state index is 13.9. The van der Waals surface area contributed by atoms with E-state index in [9.17, 15) is 27.2 Å². The van der Waals surface area contributed by atoms with Crippen LogP contribution in [-0.4, -0.2) is 30.3 Å². The fourth-order valence-electron chi connectivity index (χ4n) is 2.24. The Balaban J connectivity index is 2.50. The second-order valence-electron chi connectivity index (χ2n) is 5.42. The van der Waals surface area contributed by atoms with Crippen LogP contribution in [0.15, 0.2) is 54.6 Å². The van der Waals surface area contributed by atoms with E-state index in [0.29, 0.717) is 0 Å². The van der Waals surface area contributed by atoms with E-state index in [0.717, 1.165) is 24.3 Å². The molecule has 0 aliphatic carbocycles. The van der Waals surface area contributed by atoms with Crippen LogP contribution < -0.4 is 10.6 Å². The zero-order chi connectivity index (χ0) is 20.1. The van der Waals surface area contributed by atoms with Crippen molar-refractivity contribution in [2.45, 2.75) is 18.8 Å². The third kappa shape index (κ3) is 4.55. The second-order valence-corrected chi connectivity index (χ2v) is 5.42. The summed E-state index contributed by atoms with van der Waals surface area (Å²) >= 11 is 0. The molecule has 9 heteroatoms. The molecule has 1 unspecified atom stereocenters. The van der Waals surface area contributed by atoms with E-state index in [2.05, 4.69) is 4.74 Å². The highest BCUT2D eigenvalue weighted by atomic mass is 19.4. The van der Waals surface area contributed by atoms with Crippen LogP contribution in [0, 0.1) is 5.82 Å². The van der Waals surface area contributed by atoms with Gasteiger partial charge < -0.3 is 15.4 Å². The van der Waals surface area contributed by atoms with Crippen molar-refractivity contribution in [3.8, 4) is 0 Å². The van der Waals surface area contributed by atoms with Gasteiger partial charge in [-0.25, -0.2) is 9.18 Å². The van der Waals surface area contributed by atoms with Crippen LogP contribution in [0.4, 0.5) is 23.2 Å². The SMILES string of the molecule is CCOC(=O)C(NC(=O)c1ccccc1)(Nc1cccc(F)c1)C(F)(F)F. The van der Waals surface area contributed by atoms with Gasteiger partial charge in [-0.15, -0.1) is 0 Å². The molecule has 2 N–H and O–H groups in total. The molecule has 0 aliphatic heterocycles. The number of halogens is 4. The van der Waals surface area contributed by atoms with E-state index in [-0.39, 0.29) is 17.9 Å². The summed E-state index contributed by atoms with van der Waals surface area (Å²) < 4.78 is 59.8. The van der Waals surface area contributed by atoms with Crippen LogP contribution in [-0.2, 0) is 9.53 Å². The predicted octanol–water partition coefficient (Wildman–Crippen LogP) is 3.49. The highest BCUT2D eigenvalue weighted by Crippen LogP contribution is 2.33. The summed E-state index contributed by atoms with van der Waals surface area (Å²) in [5, 5.41) is 3.55. The van der Waals surface area contributed by atoms with Gasteiger partial charge in [0, 0.05) is 11.3 Å². The fourth-order valence-corrected chi connectivity index (χ4v) is 2.24. The van der Waals surface area contributed by atoms with Crippen molar-refractivity contribution in [2.24, 2.45) is 0 Å². The van der Waals surface area contributed by atoms with E-state index in [4.69, 9.17) is 0 Å². The number of alkyl halides is 3. The molecule has 27 heavy (non-hydrogen) atoms. The van der Waals surface area contributed by atoms with Gasteiger partial charge in [-0.1, -0.05) is 24.3 Å². The number of esters is 1.